The predicted octanol–water partition coefficient (Wildman–Crippen LogP) is 3.78. The summed E-state index contributed by atoms with van der Waals surface area (Å²) in [6.07, 6.45) is 0. The van der Waals surface area contributed by atoms with Gasteiger partial charge in [0.05, 0.1) is 27.3 Å². The third kappa shape index (κ3) is 2.40. The largest absolute Gasteiger partial charge is 0.354 e. The van der Waals surface area contributed by atoms with Crippen LogP contribution in [0.25, 0.3) is 0 Å². The highest BCUT2D eigenvalue weighted by Gasteiger charge is 2.15. The highest BCUT2D eigenvalue weighted by Crippen LogP contribution is 2.40. The molecule has 1 aromatic rings. The maximum atomic E-state index is 6.09. The van der Waals surface area contributed by atoms with Gasteiger partial charge in [-0.25, -0.2) is 0 Å². The lowest BCUT2D eigenvalue weighted by Crippen LogP contribution is -2.26. The molecule has 2 N–H and O–H groups in total. The maximum Gasteiger partial charge on any atom is 0.196 e. The normalized spacial score (nSPS) is 14.6. The number of rotatable bonds is 1. The van der Waals surface area contributed by atoms with Gasteiger partial charge in [-0.1, -0.05) is 34.8 Å². The van der Waals surface area contributed by atoms with Gasteiger partial charge in [0.1, 0.15) is 0 Å². The second-order valence-electron chi connectivity index (χ2n) is 3.13. The van der Waals surface area contributed by atoms with E-state index in [4.69, 9.17) is 34.8 Å². The molecule has 0 saturated heterocycles. The minimum Gasteiger partial charge on any atom is -0.354 e. The Bertz CT molecular complexity index is 462. The SMILES string of the molecule is Clc1cc(Br)c(Cl)c(Cl)c1NC1=NCCN1. The van der Waals surface area contributed by atoms with Gasteiger partial charge in [0.25, 0.3) is 0 Å². The van der Waals surface area contributed by atoms with Gasteiger partial charge >= 0.3 is 0 Å². The lowest BCUT2D eigenvalue weighted by Gasteiger charge is -2.12. The summed E-state index contributed by atoms with van der Waals surface area (Å²) < 4.78 is 0.663. The number of hydrogen-bond donors (Lipinski definition) is 2. The monoisotopic (exact) mass is 341 g/mol. The lowest BCUT2D eigenvalue weighted by atomic mass is 10.3. The molecule has 0 saturated carbocycles. The second kappa shape index (κ2) is 5.00. The first-order valence-corrected chi connectivity index (χ1v) is 6.40. The molecular weight excluding hydrogens is 336 g/mol. The highest BCUT2D eigenvalue weighted by molar-refractivity contribution is 9.10. The molecule has 0 radical (unpaired) electrons. The van der Waals surface area contributed by atoms with E-state index in [0.717, 1.165) is 13.1 Å². The summed E-state index contributed by atoms with van der Waals surface area (Å²) in [6, 6.07) is 1.69. The molecule has 3 nitrogen and oxygen atoms in total. The minimum atomic E-state index is 0.373. The summed E-state index contributed by atoms with van der Waals surface area (Å²) in [5, 5.41) is 7.36. The van der Waals surface area contributed by atoms with E-state index in [9.17, 15) is 0 Å². The number of aliphatic imine (C=N–C) groups is 1. The highest BCUT2D eigenvalue weighted by atomic mass is 79.9. The van der Waals surface area contributed by atoms with Crippen LogP contribution in [-0.2, 0) is 0 Å². The molecule has 0 spiro atoms. The fraction of sp³-hybridized carbons (Fsp3) is 0.222. The Morgan fingerprint density at radius 2 is 2.06 bits per heavy atom. The molecule has 0 atom stereocenters. The molecule has 2 rings (SSSR count). The number of nitrogens with zero attached hydrogens (tertiary/aromatic N) is 1. The Morgan fingerprint density at radius 3 is 2.69 bits per heavy atom. The van der Waals surface area contributed by atoms with Crippen LogP contribution in [0, 0.1) is 0 Å². The molecule has 0 aromatic heterocycles. The summed E-state index contributed by atoms with van der Waals surface area (Å²) >= 11 is 21.4. The van der Waals surface area contributed by atoms with Crippen LogP contribution < -0.4 is 10.6 Å². The summed E-state index contributed by atoms with van der Waals surface area (Å²) in [4.78, 5) is 4.19. The van der Waals surface area contributed by atoms with Crippen molar-refractivity contribution in [1.29, 1.82) is 0 Å². The molecule has 1 aliphatic heterocycles. The van der Waals surface area contributed by atoms with E-state index in [2.05, 4.69) is 31.6 Å². The van der Waals surface area contributed by atoms with Gasteiger partial charge < -0.3 is 10.6 Å². The van der Waals surface area contributed by atoms with Crippen LogP contribution in [0.3, 0.4) is 0 Å². The Hall–Kier alpha value is -0.160. The standard InChI is InChI=1S/C9H7BrCl3N3/c10-4-3-5(11)8(7(13)6(4)12)16-9-14-1-2-15-9/h3H,1-2H2,(H2,14,15,16). The van der Waals surface area contributed by atoms with Crippen molar-refractivity contribution in [3.05, 3.63) is 25.6 Å². The molecule has 0 fully saturated rings. The summed E-state index contributed by atoms with van der Waals surface area (Å²) in [7, 11) is 0. The quantitative estimate of drug-likeness (QED) is 0.601. The Kier molecular flexibility index (Phi) is 3.85. The van der Waals surface area contributed by atoms with Gasteiger partial charge in [-0.2, -0.15) is 0 Å². The van der Waals surface area contributed by atoms with Crippen LogP contribution in [-0.4, -0.2) is 19.0 Å². The van der Waals surface area contributed by atoms with Crippen molar-refractivity contribution in [2.24, 2.45) is 4.99 Å². The molecule has 0 unspecified atom stereocenters. The molecule has 0 amide bonds. The minimum absolute atomic E-state index is 0.373. The van der Waals surface area contributed by atoms with Gasteiger partial charge in [-0.3, -0.25) is 4.99 Å². The van der Waals surface area contributed by atoms with E-state index >= 15 is 0 Å². The van der Waals surface area contributed by atoms with E-state index < -0.39 is 0 Å². The average molecular weight is 343 g/mol. The third-order valence-electron chi connectivity index (χ3n) is 2.03. The molecule has 1 aromatic carbocycles. The van der Waals surface area contributed by atoms with E-state index in [1.165, 1.54) is 0 Å². The van der Waals surface area contributed by atoms with Crippen LogP contribution in [0.1, 0.15) is 0 Å². The molecule has 0 aliphatic carbocycles. The smallest absolute Gasteiger partial charge is 0.196 e. The predicted molar refractivity (Wildman–Crippen MR) is 73.1 cm³/mol. The summed E-state index contributed by atoms with van der Waals surface area (Å²) in [6.45, 7) is 1.55. The topological polar surface area (TPSA) is 36.4 Å². The molecule has 1 aliphatic rings. The van der Waals surface area contributed by atoms with Crippen LogP contribution in [0.2, 0.25) is 15.1 Å². The zero-order chi connectivity index (χ0) is 11.7. The van der Waals surface area contributed by atoms with Crippen LogP contribution >= 0.6 is 50.7 Å². The first-order valence-electron chi connectivity index (χ1n) is 4.48. The third-order valence-corrected chi connectivity index (χ3v) is 4.05. The zero-order valence-corrected chi connectivity index (χ0v) is 11.8. The fourth-order valence-corrected chi connectivity index (χ4v) is 2.65. The van der Waals surface area contributed by atoms with Gasteiger partial charge in [-0.05, 0) is 22.0 Å². The zero-order valence-electron chi connectivity index (χ0n) is 7.95. The van der Waals surface area contributed by atoms with Crippen LogP contribution in [0.4, 0.5) is 5.69 Å². The number of benzene rings is 1. The molecule has 86 valence electrons. The number of guanidine groups is 1. The van der Waals surface area contributed by atoms with Crippen molar-refractivity contribution in [3.63, 3.8) is 0 Å². The van der Waals surface area contributed by atoms with E-state index in [0.29, 0.717) is 31.2 Å². The lowest BCUT2D eigenvalue weighted by molar-refractivity contribution is 0.959. The first-order chi connectivity index (χ1) is 7.59. The number of hydrogen-bond acceptors (Lipinski definition) is 3. The molecule has 16 heavy (non-hydrogen) atoms. The number of halogens is 4. The van der Waals surface area contributed by atoms with Crippen molar-refractivity contribution in [2.45, 2.75) is 0 Å². The van der Waals surface area contributed by atoms with Crippen molar-refractivity contribution in [2.75, 3.05) is 18.4 Å². The van der Waals surface area contributed by atoms with Crippen LogP contribution in [0.5, 0.6) is 0 Å². The summed E-state index contributed by atoms with van der Waals surface area (Å²) in [5.74, 6) is 0.655. The Morgan fingerprint density at radius 1 is 1.31 bits per heavy atom. The summed E-state index contributed by atoms with van der Waals surface area (Å²) in [5.41, 5.74) is 0.560. The van der Waals surface area contributed by atoms with Crippen LogP contribution in [0.15, 0.2) is 15.5 Å². The van der Waals surface area contributed by atoms with E-state index in [1.54, 1.807) is 6.07 Å². The molecule has 7 heteroatoms. The van der Waals surface area contributed by atoms with E-state index in [-0.39, 0.29) is 0 Å². The van der Waals surface area contributed by atoms with Crippen molar-refractivity contribution in [3.8, 4) is 0 Å². The fourth-order valence-electron chi connectivity index (χ4n) is 1.28. The van der Waals surface area contributed by atoms with Crippen molar-refractivity contribution in [1.82, 2.24) is 5.32 Å². The second-order valence-corrected chi connectivity index (χ2v) is 5.14. The molecule has 1 heterocycles. The van der Waals surface area contributed by atoms with Gasteiger partial charge in [0, 0.05) is 11.0 Å². The van der Waals surface area contributed by atoms with Gasteiger partial charge in [-0.15, -0.1) is 0 Å². The number of nitrogens with one attached hydrogen (secondary N) is 2. The Labute approximate surface area is 116 Å². The number of anilines is 1. The Balaban J connectivity index is 2.36. The molecule has 0 bridgehead atoms. The van der Waals surface area contributed by atoms with Crippen molar-refractivity contribution >= 4 is 62.4 Å². The molecular formula is C9H7BrCl3N3. The van der Waals surface area contributed by atoms with Crippen molar-refractivity contribution < 1.29 is 0 Å². The average Bonchev–Trinajstić information content (AvgIpc) is 2.74. The first kappa shape index (κ1) is 12.3. The van der Waals surface area contributed by atoms with E-state index in [1.807, 2.05) is 0 Å². The van der Waals surface area contributed by atoms with Gasteiger partial charge in [0.2, 0.25) is 0 Å². The maximum absolute atomic E-state index is 6.09. The van der Waals surface area contributed by atoms with Gasteiger partial charge in [0.15, 0.2) is 5.96 Å².